The molecule has 0 spiro atoms. The second-order valence-electron chi connectivity index (χ2n) is 6.57. The normalized spacial score (nSPS) is 16.3. The van der Waals surface area contributed by atoms with Crippen LogP contribution in [0.3, 0.4) is 0 Å². The maximum atomic E-state index is 13.1. The van der Waals surface area contributed by atoms with Crippen LogP contribution < -0.4 is 4.90 Å². The fraction of sp³-hybridized carbons (Fsp3) is 0.263. The summed E-state index contributed by atoms with van der Waals surface area (Å²) in [6, 6.07) is 14.6. The molecule has 26 heavy (non-hydrogen) atoms. The summed E-state index contributed by atoms with van der Waals surface area (Å²) in [6.07, 6.45) is 1.65. The van der Waals surface area contributed by atoms with Crippen molar-refractivity contribution in [3.05, 3.63) is 59.2 Å². The van der Waals surface area contributed by atoms with Gasteiger partial charge in [0.05, 0.1) is 10.4 Å². The van der Waals surface area contributed by atoms with Crippen LogP contribution in [0.15, 0.2) is 64.1 Å². The third-order valence-corrected chi connectivity index (χ3v) is 7.05. The second kappa shape index (κ2) is 6.72. The number of benzene rings is 2. The smallest absolute Gasteiger partial charge is 0.268 e. The van der Waals surface area contributed by atoms with Crippen molar-refractivity contribution in [2.45, 2.75) is 4.90 Å². The number of piperazine rings is 1. The van der Waals surface area contributed by atoms with Gasteiger partial charge in [0, 0.05) is 47.9 Å². The lowest BCUT2D eigenvalue weighted by Crippen LogP contribution is -2.44. The molecule has 4 rings (SSSR count). The van der Waals surface area contributed by atoms with E-state index in [0.29, 0.717) is 5.52 Å². The summed E-state index contributed by atoms with van der Waals surface area (Å²) in [5, 5.41) is 0.968. The zero-order chi connectivity index (χ0) is 18.3. The first-order chi connectivity index (χ1) is 12.5. The summed E-state index contributed by atoms with van der Waals surface area (Å²) in [6.45, 7) is 3.90. The lowest BCUT2D eigenvalue weighted by Gasteiger charge is -2.34. The third kappa shape index (κ3) is 3.04. The summed E-state index contributed by atoms with van der Waals surface area (Å²) < 4.78 is 28.3. The van der Waals surface area contributed by atoms with Crippen LogP contribution in [0.25, 0.3) is 10.9 Å². The standard InChI is InChI=1S/C19H20BrN3O2S/c1-21-10-12-22(13-11-21)18-6-3-7-19-17(18)8-9-23(19)26(24,25)16-5-2-4-15(20)14-16/h2-9,14H,10-13H2,1H3. The zero-order valence-electron chi connectivity index (χ0n) is 14.5. The Labute approximate surface area is 162 Å². The first kappa shape index (κ1) is 17.6. The van der Waals surface area contributed by atoms with Crippen LogP contribution in [-0.4, -0.2) is 50.5 Å². The van der Waals surface area contributed by atoms with E-state index in [9.17, 15) is 8.42 Å². The molecule has 0 radical (unpaired) electrons. The van der Waals surface area contributed by atoms with Gasteiger partial charge in [-0.25, -0.2) is 12.4 Å². The largest absolute Gasteiger partial charge is 0.368 e. The van der Waals surface area contributed by atoms with Gasteiger partial charge >= 0.3 is 0 Å². The summed E-state index contributed by atoms with van der Waals surface area (Å²) >= 11 is 3.35. The Bertz CT molecular complexity index is 1050. The Morgan fingerprint density at radius 1 is 0.962 bits per heavy atom. The molecule has 1 aromatic heterocycles. The lowest BCUT2D eigenvalue weighted by atomic mass is 10.2. The molecule has 2 heterocycles. The minimum absolute atomic E-state index is 0.273. The van der Waals surface area contributed by atoms with E-state index in [2.05, 4.69) is 38.8 Å². The fourth-order valence-electron chi connectivity index (χ4n) is 3.40. The van der Waals surface area contributed by atoms with Crippen molar-refractivity contribution in [2.75, 3.05) is 38.1 Å². The van der Waals surface area contributed by atoms with Crippen LogP contribution in [0.4, 0.5) is 5.69 Å². The molecule has 0 aliphatic carbocycles. The molecule has 1 saturated heterocycles. The summed E-state index contributed by atoms with van der Waals surface area (Å²) in [5.41, 5.74) is 1.81. The predicted octanol–water partition coefficient (Wildman–Crippen LogP) is 3.39. The van der Waals surface area contributed by atoms with E-state index < -0.39 is 10.0 Å². The molecular weight excluding hydrogens is 414 g/mol. The van der Waals surface area contributed by atoms with Gasteiger partial charge in [0.25, 0.3) is 10.0 Å². The molecule has 1 aliphatic rings. The Hall–Kier alpha value is -1.83. The number of aromatic nitrogens is 1. The Morgan fingerprint density at radius 3 is 2.42 bits per heavy atom. The van der Waals surface area contributed by atoms with Gasteiger partial charge in [0.15, 0.2) is 0 Å². The van der Waals surface area contributed by atoms with Crippen molar-refractivity contribution < 1.29 is 8.42 Å². The number of hydrogen-bond acceptors (Lipinski definition) is 4. The van der Waals surface area contributed by atoms with Crippen LogP contribution in [0.1, 0.15) is 0 Å². The maximum Gasteiger partial charge on any atom is 0.268 e. The summed E-state index contributed by atoms with van der Waals surface area (Å²) in [7, 11) is -1.52. The van der Waals surface area contributed by atoms with Crippen molar-refractivity contribution in [2.24, 2.45) is 0 Å². The highest BCUT2D eigenvalue weighted by molar-refractivity contribution is 9.10. The van der Waals surface area contributed by atoms with Gasteiger partial charge in [-0.2, -0.15) is 0 Å². The number of anilines is 1. The van der Waals surface area contributed by atoms with Crippen LogP contribution in [0, 0.1) is 0 Å². The molecule has 2 aromatic carbocycles. The Kier molecular flexibility index (Phi) is 4.54. The van der Waals surface area contributed by atoms with Gasteiger partial charge in [0.2, 0.25) is 0 Å². The first-order valence-electron chi connectivity index (χ1n) is 8.51. The van der Waals surface area contributed by atoms with Crippen molar-refractivity contribution in [3.8, 4) is 0 Å². The fourth-order valence-corrected chi connectivity index (χ4v) is 5.34. The molecule has 136 valence electrons. The minimum atomic E-state index is -3.64. The molecule has 0 amide bonds. The maximum absolute atomic E-state index is 13.1. The van der Waals surface area contributed by atoms with Crippen LogP contribution in [-0.2, 0) is 10.0 Å². The molecule has 5 nitrogen and oxygen atoms in total. The number of halogens is 1. The molecule has 1 fully saturated rings. The topological polar surface area (TPSA) is 45.5 Å². The van der Waals surface area contributed by atoms with Crippen molar-refractivity contribution in [3.63, 3.8) is 0 Å². The predicted molar refractivity (Wildman–Crippen MR) is 108 cm³/mol. The molecule has 7 heteroatoms. The van der Waals surface area contributed by atoms with Gasteiger partial charge in [-0.3, -0.25) is 0 Å². The molecule has 3 aromatic rings. The molecule has 0 atom stereocenters. The Morgan fingerprint density at radius 2 is 1.69 bits per heavy atom. The van der Waals surface area contributed by atoms with E-state index in [0.717, 1.165) is 41.7 Å². The molecule has 1 aliphatic heterocycles. The van der Waals surface area contributed by atoms with Crippen LogP contribution in [0.5, 0.6) is 0 Å². The van der Waals surface area contributed by atoms with Crippen molar-refractivity contribution in [1.82, 2.24) is 8.87 Å². The van der Waals surface area contributed by atoms with Crippen molar-refractivity contribution >= 4 is 42.5 Å². The molecule has 0 saturated carbocycles. The quantitative estimate of drug-likeness (QED) is 0.634. The van der Waals surface area contributed by atoms with Gasteiger partial charge in [-0.05, 0) is 43.4 Å². The number of fused-ring (bicyclic) bond motifs is 1. The second-order valence-corrected chi connectivity index (χ2v) is 9.30. The van der Waals surface area contributed by atoms with Gasteiger partial charge in [0.1, 0.15) is 0 Å². The van der Waals surface area contributed by atoms with Gasteiger partial charge in [-0.1, -0.05) is 28.1 Å². The summed E-state index contributed by atoms with van der Waals surface area (Å²) in [4.78, 5) is 4.91. The lowest BCUT2D eigenvalue weighted by molar-refractivity contribution is 0.313. The molecular formula is C19H20BrN3O2S. The van der Waals surface area contributed by atoms with Gasteiger partial charge in [-0.15, -0.1) is 0 Å². The molecule has 0 unspecified atom stereocenters. The minimum Gasteiger partial charge on any atom is -0.368 e. The number of likely N-dealkylation sites (N-methyl/N-ethyl adjacent to an activating group) is 1. The summed E-state index contributed by atoms with van der Waals surface area (Å²) in [5.74, 6) is 0. The van der Waals surface area contributed by atoms with E-state index in [-0.39, 0.29) is 4.90 Å². The first-order valence-corrected chi connectivity index (χ1v) is 10.7. The van der Waals surface area contributed by atoms with Crippen LogP contribution >= 0.6 is 15.9 Å². The zero-order valence-corrected chi connectivity index (χ0v) is 16.9. The highest BCUT2D eigenvalue weighted by Crippen LogP contribution is 2.31. The molecule has 0 bridgehead atoms. The molecule has 0 N–H and O–H groups in total. The average Bonchev–Trinajstić information content (AvgIpc) is 3.07. The highest BCUT2D eigenvalue weighted by atomic mass is 79.9. The van der Waals surface area contributed by atoms with E-state index in [1.54, 1.807) is 24.4 Å². The Balaban J connectivity index is 1.80. The third-order valence-electron chi connectivity index (χ3n) is 4.87. The SMILES string of the molecule is CN1CCN(c2cccc3c2ccn3S(=O)(=O)c2cccc(Br)c2)CC1. The highest BCUT2D eigenvalue weighted by Gasteiger charge is 2.22. The van der Waals surface area contributed by atoms with E-state index >= 15 is 0 Å². The number of hydrogen-bond donors (Lipinski definition) is 0. The number of nitrogens with zero attached hydrogens (tertiary/aromatic N) is 3. The average molecular weight is 434 g/mol. The van der Waals surface area contributed by atoms with E-state index in [4.69, 9.17) is 0 Å². The van der Waals surface area contributed by atoms with Gasteiger partial charge < -0.3 is 9.80 Å². The van der Waals surface area contributed by atoms with E-state index in [1.165, 1.54) is 3.97 Å². The van der Waals surface area contributed by atoms with Crippen molar-refractivity contribution in [1.29, 1.82) is 0 Å². The monoisotopic (exact) mass is 433 g/mol. The van der Waals surface area contributed by atoms with Crippen LogP contribution in [0.2, 0.25) is 0 Å². The van der Waals surface area contributed by atoms with E-state index in [1.807, 2.05) is 24.3 Å². The number of rotatable bonds is 3.